The second kappa shape index (κ2) is 7.64. The summed E-state index contributed by atoms with van der Waals surface area (Å²) in [5.74, 6) is 0.872. The quantitative estimate of drug-likeness (QED) is 0.779. The summed E-state index contributed by atoms with van der Waals surface area (Å²) in [6.45, 7) is 1.28. The fourth-order valence-electron chi connectivity index (χ4n) is 2.35. The molecule has 1 aromatic carbocycles. The van der Waals surface area contributed by atoms with Crippen molar-refractivity contribution in [3.05, 3.63) is 42.0 Å². The van der Waals surface area contributed by atoms with Gasteiger partial charge in [-0.2, -0.15) is 0 Å². The monoisotopic (exact) mass is 320 g/mol. The number of rotatable bonds is 7. The first-order chi connectivity index (χ1) is 11.1. The predicted molar refractivity (Wildman–Crippen MR) is 82.5 cm³/mol. The Morgan fingerprint density at radius 3 is 2.74 bits per heavy atom. The molecular formula is C16H20N2O5. The van der Waals surface area contributed by atoms with Crippen LogP contribution < -0.4 is 9.47 Å². The van der Waals surface area contributed by atoms with Crippen molar-refractivity contribution in [3.8, 4) is 11.5 Å². The van der Waals surface area contributed by atoms with Gasteiger partial charge in [-0.1, -0.05) is 0 Å². The molecule has 23 heavy (non-hydrogen) atoms. The van der Waals surface area contributed by atoms with Crippen LogP contribution in [-0.2, 0) is 16.1 Å². The average Bonchev–Trinajstić information content (AvgIpc) is 3.03. The van der Waals surface area contributed by atoms with Crippen LogP contribution in [0.3, 0.4) is 0 Å². The highest BCUT2D eigenvalue weighted by Gasteiger charge is 2.22. The molecule has 1 unspecified atom stereocenters. The van der Waals surface area contributed by atoms with Crippen LogP contribution in [0, 0.1) is 0 Å². The molecule has 0 saturated heterocycles. The highest BCUT2D eigenvalue weighted by atomic mass is 16.5. The van der Waals surface area contributed by atoms with E-state index in [1.54, 1.807) is 43.4 Å². The highest BCUT2D eigenvalue weighted by molar-refractivity contribution is 5.66. The SMILES string of the molecule is COc1ccc(C(COC(C)=O)n2cncc2CO)c(OC)c1. The van der Waals surface area contributed by atoms with Gasteiger partial charge in [-0.3, -0.25) is 4.79 Å². The Hall–Kier alpha value is -2.54. The first-order valence-corrected chi connectivity index (χ1v) is 7.07. The standard InChI is InChI=1S/C16H20N2O5/c1-11(20)23-9-15(18-10-17-7-12(18)8-19)14-5-4-13(21-2)6-16(14)22-3/h4-7,10,15,19H,8-9H2,1-3H3. The van der Waals surface area contributed by atoms with E-state index in [-0.39, 0.29) is 25.2 Å². The molecular weight excluding hydrogens is 300 g/mol. The summed E-state index contributed by atoms with van der Waals surface area (Å²) in [5, 5.41) is 9.47. The van der Waals surface area contributed by atoms with E-state index in [9.17, 15) is 9.90 Å². The lowest BCUT2D eigenvalue weighted by Gasteiger charge is -2.23. The van der Waals surface area contributed by atoms with Crippen LogP contribution in [0.4, 0.5) is 0 Å². The van der Waals surface area contributed by atoms with Crippen LogP contribution in [0.25, 0.3) is 0 Å². The minimum atomic E-state index is -0.381. The van der Waals surface area contributed by atoms with Crippen molar-refractivity contribution < 1.29 is 24.1 Å². The second-order valence-electron chi connectivity index (χ2n) is 4.88. The van der Waals surface area contributed by atoms with E-state index in [4.69, 9.17) is 14.2 Å². The highest BCUT2D eigenvalue weighted by Crippen LogP contribution is 2.32. The molecule has 1 heterocycles. The van der Waals surface area contributed by atoms with Gasteiger partial charge in [0.15, 0.2) is 0 Å². The molecule has 0 aliphatic heterocycles. The summed E-state index contributed by atoms with van der Waals surface area (Å²) < 4.78 is 17.6. The Morgan fingerprint density at radius 2 is 2.13 bits per heavy atom. The van der Waals surface area contributed by atoms with Gasteiger partial charge in [-0.25, -0.2) is 4.98 Å². The zero-order valence-corrected chi connectivity index (χ0v) is 13.4. The minimum Gasteiger partial charge on any atom is -0.497 e. The van der Waals surface area contributed by atoms with Crippen molar-refractivity contribution >= 4 is 5.97 Å². The van der Waals surface area contributed by atoms with Gasteiger partial charge in [0.25, 0.3) is 0 Å². The van der Waals surface area contributed by atoms with Crippen molar-refractivity contribution in [2.75, 3.05) is 20.8 Å². The van der Waals surface area contributed by atoms with E-state index in [1.807, 2.05) is 6.07 Å². The first-order valence-electron chi connectivity index (χ1n) is 7.07. The molecule has 1 N–H and O–H groups in total. The number of carbonyl (C=O) groups excluding carboxylic acids is 1. The zero-order chi connectivity index (χ0) is 16.8. The molecule has 7 heteroatoms. The number of hydrogen-bond donors (Lipinski definition) is 1. The summed E-state index contributed by atoms with van der Waals surface area (Å²) >= 11 is 0. The van der Waals surface area contributed by atoms with E-state index in [0.717, 1.165) is 5.56 Å². The van der Waals surface area contributed by atoms with Gasteiger partial charge >= 0.3 is 5.97 Å². The third-order valence-corrected chi connectivity index (χ3v) is 3.49. The summed E-state index contributed by atoms with van der Waals surface area (Å²) in [6, 6.07) is 5.02. The van der Waals surface area contributed by atoms with Crippen LogP contribution in [-0.4, -0.2) is 41.5 Å². The van der Waals surface area contributed by atoms with Gasteiger partial charge in [0.05, 0.1) is 45.1 Å². The van der Waals surface area contributed by atoms with Gasteiger partial charge in [0.2, 0.25) is 0 Å². The number of ether oxygens (including phenoxy) is 3. The molecule has 0 amide bonds. The molecule has 0 radical (unpaired) electrons. The molecule has 1 atom stereocenters. The Labute approximate surface area is 134 Å². The Bertz CT molecular complexity index is 668. The van der Waals surface area contributed by atoms with Crippen molar-refractivity contribution in [2.24, 2.45) is 0 Å². The number of benzene rings is 1. The lowest BCUT2D eigenvalue weighted by atomic mass is 10.1. The maximum atomic E-state index is 11.2. The molecule has 0 aliphatic carbocycles. The maximum Gasteiger partial charge on any atom is 0.302 e. The predicted octanol–water partition coefficient (Wildman–Crippen LogP) is 1.55. The van der Waals surface area contributed by atoms with Crippen LogP contribution in [0.15, 0.2) is 30.7 Å². The fourth-order valence-corrected chi connectivity index (χ4v) is 2.35. The van der Waals surface area contributed by atoms with E-state index in [1.165, 1.54) is 6.92 Å². The second-order valence-corrected chi connectivity index (χ2v) is 4.88. The Balaban J connectivity index is 2.46. The van der Waals surface area contributed by atoms with Crippen molar-refractivity contribution in [1.29, 1.82) is 0 Å². The van der Waals surface area contributed by atoms with Gasteiger partial charge < -0.3 is 23.9 Å². The topological polar surface area (TPSA) is 82.8 Å². The summed E-state index contributed by atoms with van der Waals surface area (Å²) in [4.78, 5) is 15.3. The number of aliphatic hydroxyl groups excluding tert-OH is 1. The third-order valence-electron chi connectivity index (χ3n) is 3.49. The molecule has 0 aliphatic rings. The lowest BCUT2D eigenvalue weighted by Crippen LogP contribution is -2.20. The fraction of sp³-hybridized carbons (Fsp3) is 0.375. The average molecular weight is 320 g/mol. The zero-order valence-electron chi connectivity index (χ0n) is 13.4. The molecule has 0 spiro atoms. The molecule has 0 bridgehead atoms. The first kappa shape index (κ1) is 16.8. The van der Waals surface area contributed by atoms with Crippen LogP contribution >= 0.6 is 0 Å². The molecule has 2 rings (SSSR count). The summed E-state index contributed by atoms with van der Waals surface area (Å²) in [6.07, 6.45) is 3.15. The minimum absolute atomic E-state index is 0.0986. The summed E-state index contributed by atoms with van der Waals surface area (Å²) in [7, 11) is 3.13. The Morgan fingerprint density at radius 1 is 1.35 bits per heavy atom. The van der Waals surface area contributed by atoms with Crippen LogP contribution in [0.2, 0.25) is 0 Å². The number of nitrogens with zero attached hydrogens (tertiary/aromatic N) is 2. The summed E-state index contributed by atoms with van der Waals surface area (Å²) in [5.41, 5.74) is 1.40. The van der Waals surface area contributed by atoms with E-state index in [2.05, 4.69) is 4.98 Å². The molecule has 124 valence electrons. The van der Waals surface area contributed by atoms with E-state index >= 15 is 0 Å². The maximum absolute atomic E-state index is 11.2. The van der Waals surface area contributed by atoms with Gasteiger partial charge in [-0.05, 0) is 12.1 Å². The normalized spacial score (nSPS) is 11.8. The van der Waals surface area contributed by atoms with Crippen LogP contribution in [0.5, 0.6) is 11.5 Å². The molecule has 2 aromatic rings. The van der Waals surface area contributed by atoms with Crippen LogP contribution in [0.1, 0.15) is 24.2 Å². The molecule has 0 fully saturated rings. The number of hydrogen-bond acceptors (Lipinski definition) is 6. The Kier molecular flexibility index (Phi) is 5.59. The number of carbonyl (C=O) groups is 1. The smallest absolute Gasteiger partial charge is 0.302 e. The third kappa shape index (κ3) is 3.81. The van der Waals surface area contributed by atoms with Gasteiger partial charge in [0, 0.05) is 18.6 Å². The van der Waals surface area contributed by atoms with E-state index < -0.39 is 0 Å². The molecule has 1 aromatic heterocycles. The van der Waals surface area contributed by atoms with Gasteiger partial charge in [0.1, 0.15) is 18.1 Å². The number of methoxy groups -OCH3 is 2. The number of aromatic nitrogens is 2. The van der Waals surface area contributed by atoms with Gasteiger partial charge in [-0.15, -0.1) is 0 Å². The number of imidazole rings is 1. The van der Waals surface area contributed by atoms with Crippen molar-refractivity contribution in [3.63, 3.8) is 0 Å². The lowest BCUT2D eigenvalue weighted by molar-refractivity contribution is -0.141. The largest absolute Gasteiger partial charge is 0.497 e. The molecule has 7 nitrogen and oxygen atoms in total. The van der Waals surface area contributed by atoms with E-state index in [0.29, 0.717) is 17.2 Å². The van der Waals surface area contributed by atoms with Crippen molar-refractivity contribution in [1.82, 2.24) is 9.55 Å². The molecule has 0 saturated carbocycles. The number of esters is 1. The van der Waals surface area contributed by atoms with Crippen molar-refractivity contribution in [2.45, 2.75) is 19.6 Å². The number of aliphatic hydroxyl groups is 1.